The van der Waals surface area contributed by atoms with Gasteiger partial charge in [0.25, 0.3) is 0 Å². The van der Waals surface area contributed by atoms with E-state index in [1.54, 1.807) is 0 Å². The molecule has 2 aliphatic heterocycles. The quantitative estimate of drug-likeness (QED) is 0.729. The smallest absolute Gasteiger partial charge is 0.0124 e. The van der Waals surface area contributed by atoms with Crippen molar-refractivity contribution in [3.8, 4) is 0 Å². The minimum absolute atomic E-state index is 0.898. The molecule has 3 rings (SSSR count). The molecule has 5 atom stereocenters. The molecule has 0 radical (unpaired) electrons. The maximum atomic E-state index is 3.54. The second-order valence-electron chi connectivity index (χ2n) is 6.60. The molecule has 1 saturated carbocycles. The fraction of sp³-hybridized carbons (Fsp3) is 1.00. The van der Waals surface area contributed by atoms with Gasteiger partial charge in [-0.1, -0.05) is 20.3 Å². The van der Waals surface area contributed by atoms with Crippen molar-refractivity contribution in [1.82, 2.24) is 10.2 Å². The molecule has 1 N–H and O–H groups in total. The van der Waals surface area contributed by atoms with E-state index >= 15 is 0 Å². The molecule has 2 saturated heterocycles. The molecule has 3 unspecified atom stereocenters. The van der Waals surface area contributed by atoms with E-state index in [9.17, 15) is 0 Å². The van der Waals surface area contributed by atoms with Crippen LogP contribution in [-0.4, -0.2) is 37.1 Å². The molecule has 2 heterocycles. The van der Waals surface area contributed by atoms with Crippen molar-refractivity contribution < 1.29 is 0 Å². The number of nitrogens with one attached hydrogen (secondary N) is 1. The maximum absolute atomic E-state index is 3.54. The predicted molar refractivity (Wildman–Crippen MR) is 67.4 cm³/mol. The summed E-state index contributed by atoms with van der Waals surface area (Å²) in [6.45, 7) is 10.2. The average molecular weight is 222 g/mol. The molecule has 16 heavy (non-hydrogen) atoms. The number of hydrogen-bond acceptors (Lipinski definition) is 2. The van der Waals surface area contributed by atoms with Crippen LogP contribution in [0.5, 0.6) is 0 Å². The lowest BCUT2D eigenvalue weighted by atomic mass is 9.79. The van der Waals surface area contributed by atoms with Crippen LogP contribution in [0.1, 0.15) is 33.1 Å². The van der Waals surface area contributed by atoms with E-state index in [4.69, 9.17) is 0 Å². The van der Waals surface area contributed by atoms with E-state index in [-0.39, 0.29) is 0 Å². The van der Waals surface area contributed by atoms with Crippen molar-refractivity contribution in [2.45, 2.75) is 39.2 Å². The van der Waals surface area contributed by atoms with Crippen LogP contribution in [-0.2, 0) is 0 Å². The highest BCUT2D eigenvalue weighted by atomic mass is 15.2. The van der Waals surface area contributed by atoms with Crippen LogP contribution >= 0.6 is 0 Å². The van der Waals surface area contributed by atoms with Gasteiger partial charge in [-0.3, -0.25) is 4.90 Å². The zero-order valence-electron chi connectivity index (χ0n) is 10.8. The Morgan fingerprint density at radius 1 is 1.00 bits per heavy atom. The highest BCUT2D eigenvalue weighted by Crippen LogP contribution is 2.36. The van der Waals surface area contributed by atoms with Crippen LogP contribution in [0.15, 0.2) is 0 Å². The van der Waals surface area contributed by atoms with E-state index < -0.39 is 0 Å². The van der Waals surface area contributed by atoms with Gasteiger partial charge < -0.3 is 5.32 Å². The molecule has 2 heteroatoms. The van der Waals surface area contributed by atoms with Crippen LogP contribution < -0.4 is 5.32 Å². The monoisotopic (exact) mass is 222 g/mol. The first-order chi connectivity index (χ1) is 7.74. The van der Waals surface area contributed by atoms with Gasteiger partial charge in [0.1, 0.15) is 0 Å². The largest absolute Gasteiger partial charge is 0.316 e. The van der Waals surface area contributed by atoms with E-state index in [2.05, 4.69) is 24.1 Å². The van der Waals surface area contributed by atoms with Crippen molar-refractivity contribution in [1.29, 1.82) is 0 Å². The van der Waals surface area contributed by atoms with Crippen LogP contribution in [0.25, 0.3) is 0 Å². The van der Waals surface area contributed by atoms with Crippen molar-refractivity contribution in [3.05, 3.63) is 0 Å². The van der Waals surface area contributed by atoms with Gasteiger partial charge in [-0.25, -0.2) is 0 Å². The molecule has 0 aromatic rings. The van der Waals surface area contributed by atoms with Crippen LogP contribution in [0.2, 0.25) is 0 Å². The standard InChI is InChI=1S/C14H26N2/c1-10-3-4-11(2)14(5-10)16-8-12-6-15-7-13(12)9-16/h10-15H,3-9H2,1-2H3/t10?,11?,12-,13+,14?. The number of nitrogens with zero attached hydrogens (tertiary/aromatic N) is 1. The molecular formula is C14H26N2. The lowest BCUT2D eigenvalue weighted by Gasteiger charge is -2.39. The van der Waals surface area contributed by atoms with Crippen molar-refractivity contribution in [2.24, 2.45) is 23.7 Å². The van der Waals surface area contributed by atoms with Gasteiger partial charge in [-0.15, -0.1) is 0 Å². The molecule has 0 amide bonds. The Kier molecular flexibility index (Phi) is 2.97. The Balaban J connectivity index is 1.64. The van der Waals surface area contributed by atoms with Gasteiger partial charge in [-0.2, -0.15) is 0 Å². The average Bonchev–Trinajstić information content (AvgIpc) is 2.81. The summed E-state index contributed by atoms with van der Waals surface area (Å²) in [5.74, 6) is 3.82. The number of likely N-dealkylation sites (tertiary alicyclic amines) is 1. The topological polar surface area (TPSA) is 15.3 Å². The maximum Gasteiger partial charge on any atom is 0.0124 e. The minimum Gasteiger partial charge on any atom is -0.316 e. The molecule has 0 aromatic heterocycles. The van der Waals surface area contributed by atoms with Gasteiger partial charge in [0.2, 0.25) is 0 Å². The summed E-state index contributed by atoms with van der Waals surface area (Å²) in [6.07, 6.45) is 4.36. The van der Waals surface area contributed by atoms with Gasteiger partial charge >= 0.3 is 0 Å². The summed E-state index contributed by atoms with van der Waals surface area (Å²) in [5.41, 5.74) is 0. The third-order valence-electron chi connectivity index (χ3n) is 5.30. The first kappa shape index (κ1) is 11.0. The fourth-order valence-electron chi connectivity index (χ4n) is 4.17. The zero-order valence-corrected chi connectivity index (χ0v) is 10.8. The third-order valence-corrected chi connectivity index (χ3v) is 5.30. The summed E-state index contributed by atoms with van der Waals surface area (Å²) >= 11 is 0. The lowest BCUT2D eigenvalue weighted by Crippen LogP contribution is -2.43. The molecule has 2 nitrogen and oxygen atoms in total. The first-order valence-electron chi connectivity index (χ1n) is 7.19. The van der Waals surface area contributed by atoms with Crippen molar-refractivity contribution in [2.75, 3.05) is 26.2 Å². The van der Waals surface area contributed by atoms with E-state index in [1.165, 1.54) is 45.4 Å². The van der Waals surface area contributed by atoms with Crippen LogP contribution in [0.4, 0.5) is 0 Å². The van der Waals surface area contributed by atoms with Gasteiger partial charge in [0.05, 0.1) is 0 Å². The summed E-state index contributed by atoms with van der Waals surface area (Å²) in [7, 11) is 0. The number of hydrogen-bond donors (Lipinski definition) is 1. The van der Waals surface area contributed by atoms with Gasteiger partial charge in [0.15, 0.2) is 0 Å². The Bertz CT molecular complexity index is 241. The normalized spacial score (nSPS) is 49.5. The molecule has 0 bridgehead atoms. The molecular weight excluding hydrogens is 196 g/mol. The van der Waals surface area contributed by atoms with Gasteiger partial charge in [-0.05, 0) is 49.6 Å². The fourth-order valence-corrected chi connectivity index (χ4v) is 4.17. The second-order valence-corrected chi connectivity index (χ2v) is 6.60. The van der Waals surface area contributed by atoms with E-state index in [0.717, 1.165) is 29.7 Å². The highest BCUT2D eigenvalue weighted by molar-refractivity contribution is 4.95. The summed E-state index contributed by atoms with van der Waals surface area (Å²) in [4.78, 5) is 2.83. The van der Waals surface area contributed by atoms with Gasteiger partial charge in [0, 0.05) is 19.1 Å². The molecule has 3 aliphatic rings. The molecule has 0 aromatic carbocycles. The highest BCUT2D eigenvalue weighted by Gasteiger charge is 2.41. The molecule has 3 fully saturated rings. The van der Waals surface area contributed by atoms with E-state index in [1.807, 2.05) is 0 Å². The Morgan fingerprint density at radius 3 is 2.38 bits per heavy atom. The molecule has 92 valence electrons. The number of fused-ring (bicyclic) bond motifs is 1. The Hall–Kier alpha value is -0.0800. The Labute approximate surface area is 99.8 Å². The Morgan fingerprint density at radius 2 is 1.69 bits per heavy atom. The summed E-state index contributed by atoms with van der Waals surface area (Å²) < 4.78 is 0. The second kappa shape index (κ2) is 4.30. The first-order valence-corrected chi connectivity index (χ1v) is 7.19. The summed E-state index contributed by atoms with van der Waals surface area (Å²) in [6, 6.07) is 0.898. The zero-order chi connectivity index (χ0) is 11.1. The molecule has 1 aliphatic carbocycles. The molecule has 0 spiro atoms. The van der Waals surface area contributed by atoms with Crippen LogP contribution in [0, 0.1) is 23.7 Å². The summed E-state index contributed by atoms with van der Waals surface area (Å²) in [5, 5.41) is 3.54. The van der Waals surface area contributed by atoms with Crippen molar-refractivity contribution >= 4 is 0 Å². The van der Waals surface area contributed by atoms with E-state index in [0.29, 0.717) is 0 Å². The SMILES string of the molecule is CC1CCC(C)C(N2C[C@H]3CNC[C@H]3C2)C1. The third kappa shape index (κ3) is 1.91. The minimum atomic E-state index is 0.898. The lowest BCUT2D eigenvalue weighted by molar-refractivity contribution is 0.106. The number of rotatable bonds is 1. The van der Waals surface area contributed by atoms with Crippen molar-refractivity contribution in [3.63, 3.8) is 0 Å². The predicted octanol–water partition coefficient (Wildman–Crippen LogP) is 1.96. The van der Waals surface area contributed by atoms with Crippen LogP contribution in [0.3, 0.4) is 0 Å².